The highest BCUT2D eigenvalue weighted by Gasteiger charge is 2.08. The van der Waals surface area contributed by atoms with Crippen LogP contribution >= 0.6 is 0 Å². The lowest BCUT2D eigenvalue weighted by Crippen LogP contribution is -2.37. The Morgan fingerprint density at radius 3 is 2.79 bits per heavy atom. The minimum atomic E-state index is -0.887. The normalized spacial score (nSPS) is 10.0. The van der Waals surface area contributed by atoms with Crippen molar-refractivity contribution in [3.8, 4) is 0 Å². The van der Waals surface area contributed by atoms with E-state index < -0.39 is 5.97 Å². The molecular formula is C13H17FN2O3. The zero-order valence-corrected chi connectivity index (χ0v) is 10.7. The highest BCUT2D eigenvalue weighted by Crippen LogP contribution is 2.06. The van der Waals surface area contributed by atoms with Gasteiger partial charge in [0, 0.05) is 26.6 Å². The fourth-order valence-corrected chi connectivity index (χ4v) is 1.55. The van der Waals surface area contributed by atoms with Gasteiger partial charge in [0.15, 0.2) is 0 Å². The molecular weight excluding hydrogens is 251 g/mol. The number of hydrogen-bond acceptors (Lipinski definition) is 2. The van der Waals surface area contributed by atoms with Gasteiger partial charge in [0.1, 0.15) is 5.82 Å². The second-order valence-corrected chi connectivity index (χ2v) is 4.22. The largest absolute Gasteiger partial charge is 0.481 e. The van der Waals surface area contributed by atoms with Gasteiger partial charge in [-0.25, -0.2) is 9.18 Å². The summed E-state index contributed by atoms with van der Waals surface area (Å²) in [6.07, 6.45) is 0.406. The van der Waals surface area contributed by atoms with Crippen LogP contribution in [0.3, 0.4) is 0 Å². The molecule has 0 aliphatic rings. The molecule has 0 bridgehead atoms. The number of halogens is 1. The minimum absolute atomic E-state index is 0.0217. The van der Waals surface area contributed by atoms with Gasteiger partial charge < -0.3 is 15.3 Å². The molecule has 104 valence electrons. The minimum Gasteiger partial charge on any atom is -0.481 e. The maximum Gasteiger partial charge on any atom is 0.317 e. The Hall–Kier alpha value is -2.11. The number of carbonyl (C=O) groups excluding carboxylic acids is 1. The van der Waals surface area contributed by atoms with Gasteiger partial charge in [0.05, 0.1) is 0 Å². The van der Waals surface area contributed by atoms with E-state index in [4.69, 9.17) is 5.11 Å². The first-order valence-electron chi connectivity index (χ1n) is 5.94. The number of carbonyl (C=O) groups is 2. The Kier molecular flexibility index (Phi) is 5.78. The van der Waals surface area contributed by atoms with Crippen LogP contribution in [0.5, 0.6) is 0 Å². The van der Waals surface area contributed by atoms with Crippen LogP contribution in [0.15, 0.2) is 24.3 Å². The van der Waals surface area contributed by atoms with Crippen molar-refractivity contribution in [2.45, 2.75) is 19.4 Å². The van der Waals surface area contributed by atoms with Crippen LogP contribution in [0, 0.1) is 5.82 Å². The number of hydrogen-bond donors (Lipinski definition) is 2. The molecule has 19 heavy (non-hydrogen) atoms. The van der Waals surface area contributed by atoms with Gasteiger partial charge in [0.25, 0.3) is 0 Å². The first kappa shape index (κ1) is 14.9. The monoisotopic (exact) mass is 268 g/mol. The van der Waals surface area contributed by atoms with Crippen molar-refractivity contribution in [1.29, 1.82) is 0 Å². The summed E-state index contributed by atoms with van der Waals surface area (Å²) in [5, 5.41) is 11.1. The van der Waals surface area contributed by atoms with Crippen LogP contribution in [0.1, 0.15) is 18.4 Å². The van der Waals surface area contributed by atoms with E-state index in [1.807, 2.05) is 0 Å². The highest BCUT2D eigenvalue weighted by atomic mass is 19.1. The molecule has 0 saturated carbocycles. The second kappa shape index (κ2) is 7.35. The molecule has 0 fully saturated rings. The Morgan fingerprint density at radius 2 is 2.16 bits per heavy atom. The van der Waals surface area contributed by atoms with Gasteiger partial charge in [-0.1, -0.05) is 12.1 Å². The molecule has 0 aliphatic carbocycles. The fraction of sp³-hybridized carbons (Fsp3) is 0.385. The number of nitrogens with one attached hydrogen (secondary N) is 1. The summed E-state index contributed by atoms with van der Waals surface area (Å²) in [5.74, 6) is -1.23. The SMILES string of the molecule is CN(Cc1cccc(F)c1)C(=O)NCCCC(=O)O. The number of aliphatic carboxylic acids is 1. The average Bonchev–Trinajstić information content (AvgIpc) is 2.34. The predicted octanol–water partition coefficient (Wildman–Crippen LogP) is 1.83. The number of carboxylic acid groups (broad SMARTS) is 1. The molecule has 5 nitrogen and oxygen atoms in total. The fourth-order valence-electron chi connectivity index (χ4n) is 1.55. The Morgan fingerprint density at radius 1 is 1.42 bits per heavy atom. The molecule has 6 heteroatoms. The van der Waals surface area contributed by atoms with Gasteiger partial charge in [0.2, 0.25) is 0 Å². The third-order valence-corrected chi connectivity index (χ3v) is 2.50. The van der Waals surface area contributed by atoms with E-state index in [1.165, 1.54) is 17.0 Å². The van der Waals surface area contributed by atoms with E-state index in [0.717, 1.165) is 0 Å². The van der Waals surface area contributed by atoms with E-state index in [1.54, 1.807) is 19.2 Å². The van der Waals surface area contributed by atoms with Crippen molar-refractivity contribution in [2.24, 2.45) is 0 Å². The molecule has 0 saturated heterocycles. The van der Waals surface area contributed by atoms with E-state index in [-0.39, 0.29) is 18.3 Å². The van der Waals surface area contributed by atoms with Gasteiger partial charge in [-0.15, -0.1) is 0 Å². The molecule has 0 spiro atoms. The Bertz CT molecular complexity index is 451. The maximum absolute atomic E-state index is 13.0. The van der Waals surface area contributed by atoms with E-state index in [2.05, 4.69) is 5.32 Å². The number of nitrogens with zero attached hydrogens (tertiary/aromatic N) is 1. The molecule has 0 aliphatic heterocycles. The average molecular weight is 268 g/mol. The summed E-state index contributed by atoms with van der Waals surface area (Å²) < 4.78 is 13.0. The van der Waals surface area contributed by atoms with Crippen molar-refractivity contribution >= 4 is 12.0 Å². The van der Waals surface area contributed by atoms with Crippen LogP contribution in [0.25, 0.3) is 0 Å². The van der Waals surface area contributed by atoms with Crippen LogP contribution < -0.4 is 5.32 Å². The standard InChI is InChI=1S/C13H17FN2O3/c1-16(9-10-4-2-5-11(14)8-10)13(19)15-7-3-6-12(17)18/h2,4-5,8H,3,6-7,9H2,1H3,(H,15,19)(H,17,18). The van der Waals surface area contributed by atoms with Crippen LogP contribution in [-0.4, -0.2) is 35.6 Å². The van der Waals surface area contributed by atoms with Crippen molar-refractivity contribution in [1.82, 2.24) is 10.2 Å². The molecule has 2 amide bonds. The maximum atomic E-state index is 13.0. The molecule has 1 aromatic carbocycles. The Balaban J connectivity index is 2.34. The van der Waals surface area contributed by atoms with Crippen molar-refractivity contribution in [3.05, 3.63) is 35.6 Å². The molecule has 0 aromatic heterocycles. The molecule has 0 atom stereocenters. The molecule has 0 radical (unpaired) electrons. The summed E-state index contributed by atoms with van der Waals surface area (Å²) in [5.41, 5.74) is 0.697. The van der Waals surface area contributed by atoms with Gasteiger partial charge in [-0.2, -0.15) is 0 Å². The summed E-state index contributed by atoms with van der Waals surface area (Å²) >= 11 is 0. The molecule has 1 rings (SSSR count). The lowest BCUT2D eigenvalue weighted by Gasteiger charge is -2.18. The Labute approximate surface area is 111 Å². The zero-order chi connectivity index (χ0) is 14.3. The van der Waals surface area contributed by atoms with Crippen LogP contribution in [0.4, 0.5) is 9.18 Å². The highest BCUT2D eigenvalue weighted by molar-refractivity contribution is 5.74. The molecule has 2 N–H and O–H groups in total. The molecule has 0 unspecified atom stereocenters. The number of urea groups is 1. The number of amides is 2. The third-order valence-electron chi connectivity index (χ3n) is 2.50. The van der Waals surface area contributed by atoms with Crippen LogP contribution in [-0.2, 0) is 11.3 Å². The number of carboxylic acids is 1. The van der Waals surface area contributed by atoms with Crippen molar-refractivity contribution in [2.75, 3.05) is 13.6 Å². The lowest BCUT2D eigenvalue weighted by molar-refractivity contribution is -0.137. The first-order valence-corrected chi connectivity index (χ1v) is 5.94. The zero-order valence-electron chi connectivity index (χ0n) is 10.7. The van der Waals surface area contributed by atoms with Crippen molar-refractivity contribution < 1.29 is 19.1 Å². The van der Waals surface area contributed by atoms with Gasteiger partial charge in [-0.05, 0) is 24.1 Å². The molecule has 0 heterocycles. The van der Waals surface area contributed by atoms with E-state index in [9.17, 15) is 14.0 Å². The van der Waals surface area contributed by atoms with Crippen molar-refractivity contribution in [3.63, 3.8) is 0 Å². The summed E-state index contributed by atoms with van der Waals surface area (Å²) in [6.45, 7) is 0.598. The summed E-state index contributed by atoms with van der Waals surface area (Å²) in [6, 6.07) is 5.72. The summed E-state index contributed by atoms with van der Waals surface area (Å²) in [7, 11) is 1.59. The van der Waals surface area contributed by atoms with Crippen LogP contribution in [0.2, 0.25) is 0 Å². The predicted molar refractivity (Wildman–Crippen MR) is 68.1 cm³/mol. The number of benzene rings is 1. The third kappa shape index (κ3) is 5.85. The lowest BCUT2D eigenvalue weighted by atomic mass is 10.2. The van der Waals surface area contributed by atoms with Gasteiger partial charge >= 0.3 is 12.0 Å². The van der Waals surface area contributed by atoms with Gasteiger partial charge in [-0.3, -0.25) is 4.79 Å². The molecule has 1 aromatic rings. The smallest absolute Gasteiger partial charge is 0.317 e. The quantitative estimate of drug-likeness (QED) is 0.773. The number of rotatable bonds is 6. The second-order valence-electron chi connectivity index (χ2n) is 4.22. The van der Waals surface area contributed by atoms with E-state index >= 15 is 0 Å². The first-order chi connectivity index (χ1) is 8.99. The topological polar surface area (TPSA) is 69.6 Å². The van der Waals surface area contributed by atoms with E-state index in [0.29, 0.717) is 25.1 Å². The summed E-state index contributed by atoms with van der Waals surface area (Å²) in [4.78, 5) is 23.4.